The summed E-state index contributed by atoms with van der Waals surface area (Å²) < 4.78 is 2.21. The predicted octanol–water partition coefficient (Wildman–Crippen LogP) is 2.99. The summed E-state index contributed by atoms with van der Waals surface area (Å²) in [6, 6.07) is 8.67. The van der Waals surface area contributed by atoms with Gasteiger partial charge in [-0.3, -0.25) is 0 Å². The van der Waals surface area contributed by atoms with Crippen molar-refractivity contribution in [2.45, 2.75) is 33.9 Å². The minimum absolute atomic E-state index is 0.667. The molecule has 0 aliphatic rings. The van der Waals surface area contributed by atoms with Crippen molar-refractivity contribution in [3.05, 3.63) is 53.6 Å². The molecule has 1 N–H and O–H groups in total. The number of hydrogen-bond acceptors (Lipinski definition) is 2. The van der Waals surface area contributed by atoms with Crippen molar-refractivity contribution in [2.75, 3.05) is 6.54 Å². The van der Waals surface area contributed by atoms with Gasteiger partial charge in [0.1, 0.15) is 5.82 Å². The molecular formula is C16H23N3. The van der Waals surface area contributed by atoms with E-state index in [0.29, 0.717) is 5.92 Å². The first-order valence-corrected chi connectivity index (χ1v) is 6.91. The maximum Gasteiger partial charge on any atom is 0.122 e. The second kappa shape index (κ2) is 6.53. The van der Waals surface area contributed by atoms with Crippen molar-refractivity contribution in [1.82, 2.24) is 14.9 Å². The summed E-state index contributed by atoms with van der Waals surface area (Å²) >= 11 is 0. The van der Waals surface area contributed by atoms with Crippen molar-refractivity contribution in [2.24, 2.45) is 5.92 Å². The summed E-state index contributed by atoms with van der Waals surface area (Å²) in [7, 11) is 0. The zero-order valence-corrected chi connectivity index (χ0v) is 12.1. The molecule has 2 rings (SSSR count). The van der Waals surface area contributed by atoms with E-state index in [2.05, 4.69) is 59.9 Å². The molecule has 0 aliphatic heterocycles. The summed E-state index contributed by atoms with van der Waals surface area (Å²) in [6.07, 6.45) is 3.92. The maximum atomic E-state index is 4.43. The van der Waals surface area contributed by atoms with Gasteiger partial charge in [-0.05, 0) is 24.9 Å². The first kappa shape index (κ1) is 13.8. The van der Waals surface area contributed by atoms with Gasteiger partial charge in [0.25, 0.3) is 0 Å². The van der Waals surface area contributed by atoms with E-state index >= 15 is 0 Å². The van der Waals surface area contributed by atoms with E-state index in [1.165, 1.54) is 11.1 Å². The van der Waals surface area contributed by atoms with Crippen LogP contribution in [-0.2, 0) is 13.1 Å². The van der Waals surface area contributed by atoms with Gasteiger partial charge in [-0.25, -0.2) is 4.98 Å². The molecule has 0 fully saturated rings. The molecule has 0 radical (unpaired) electrons. The Balaban J connectivity index is 1.97. The van der Waals surface area contributed by atoms with Crippen molar-refractivity contribution in [3.63, 3.8) is 0 Å². The standard InChI is InChI=1S/C16H23N3/c1-13(2)10-17-11-16-18-8-9-19(16)12-15-6-4-14(3)5-7-15/h4-9,13,17H,10-12H2,1-3H3. The Morgan fingerprint density at radius 3 is 2.63 bits per heavy atom. The van der Waals surface area contributed by atoms with Gasteiger partial charge in [-0.2, -0.15) is 0 Å². The fourth-order valence-electron chi connectivity index (χ4n) is 2.01. The van der Waals surface area contributed by atoms with Crippen LogP contribution in [0.1, 0.15) is 30.8 Å². The molecule has 0 spiro atoms. The predicted molar refractivity (Wildman–Crippen MR) is 79.1 cm³/mol. The number of aromatic nitrogens is 2. The first-order chi connectivity index (χ1) is 9.15. The van der Waals surface area contributed by atoms with Crippen molar-refractivity contribution in [1.29, 1.82) is 0 Å². The lowest BCUT2D eigenvalue weighted by atomic mass is 10.1. The van der Waals surface area contributed by atoms with Crippen LogP contribution in [0.2, 0.25) is 0 Å². The van der Waals surface area contributed by atoms with E-state index in [1.807, 2.05) is 12.4 Å². The molecule has 2 aromatic rings. The molecule has 0 atom stereocenters. The minimum Gasteiger partial charge on any atom is -0.329 e. The Bertz CT molecular complexity index is 497. The minimum atomic E-state index is 0.667. The SMILES string of the molecule is Cc1ccc(Cn2ccnc2CNCC(C)C)cc1. The second-order valence-electron chi connectivity index (χ2n) is 5.48. The molecule has 0 unspecified atom stereocenters. The lowest BCUT2D eigenvalue weighted by Crippen LogP contribution is -2.21. The van der Waals surface area contributed by atoms with Crippen LogP contribution in [0.25, 0.3) is 0 Å². The monoisotopic (exact) mass is 257 g/mol. The molecule has 3 nitrogen and oxygen atoms in total. The zero-order valence-electron chi connectivity index (χ0n) is 12.1. The number of aryl methyl sites for hydroxylation is 1. The van der Waals surface area contributed by atoms with Gasteiger partial charge in [0.2, 0.25) is 0 Å². The molecule has 1 aromatic heterocycles. The summed E-state index contributed by atoms with van der Waals surface area (Å²) in [6.45, 7) is 9.28. The quantitative estimate of drug-likeness (QED) is 0.862. The van der Waals surface area contributed by atoms with E-state index in [4.69, 9.17) is 0 Å². The lowest BCUT2D eigenvalue weighted by molar-refractivity contribution is 0.533. The summed E-state index contributed by atoms with van der Waals surface area (Å²) in [5.74, 6) is 1.77. The highest BCUT2D eigenvalue weighted by Crippen LogP contribution is 2.07. The Hall–Kier alpha value is -1.61. The van der Waals surface area contributed by atoms with Crippen LogP contribution >= 0.6 is 0 Å². The third-order valence-corrected chi connectivity index (χ3v) is 3.11. The number of nitrogens with one attached hydrogen (secondary N) is 1. The summed E-state index contributed by atoms with van der Waals surface area (Å²) in [4.78, 5) is 4.43. The Labute approximate surface area is 115 Å². The molecule has 102 valence electrons. The highest BCUT2D eigenvalue weighted by Gasteiger charge is 2.03. The van der Waals surface area contributed by atoms with Gasteiger partial charge < -0.3 is 9.88 Å². The van der Waals surface area contributed by atoms with Crippen molar-refractivity contribution >= 4 is 0 Å². The number of nitrogens with zero attached hydrogens (tertiary/aromatic N) is 2. The van der Waals surface area contributed by atoms with E-state index in [-0.39, 0.29) is 0 Å². The van der Waals surface area contributed by atoms with Crippen LogP contribution in [0.5, 0.6) is 0 Å². The van der Waals surface area contributed by atoms with Gasteiger partial charge in [0, 0.05) is 18.9 Å². The molecule has 19 heavy (non-hydrogen) atoms. The Kier molecular flexibility index (Phi) is 4.74. The molecule has 0 saturated carbocycles. The highest BCUT2D eigenvalue weighted by atomic mass is 15.1. The van der Waals surface area contributed by atoms with E-state index < -0.39 is 0 Å². The fourth-order valence-corrected chi connectivity index (χ4v) is 2.01. The van der Waals surface area contributed by atoms with Gasteiger partial charge >= 0.3 is 0 Å². The third kappa shape index (κ3) is 4.21. The van der Waals surface area contributed by atoms with Gasteiger partial charge in [0.15, 0.2) is 0 Å². The van der Waals surface area contributed by atoms with E-state index in [0.717, 1.165) is 25.5 Å². The third-order valence-electron chi connectivity index (χ3n) is 3.11. The zero-order chi connectivity index (χ0) is 13.7. The normalized spacial score (nSPS) is 11.2. The van der Waals surface area contributed by atoms with E-state index in [9.17, 15) is 0 Å². The largest absolute Gasteiger partial charge is 0.329 e. The average Bonchev–Trinajstić information content (AvgIpc) is 2.79. The van der Waals surface area contributed by atoms with Crippen LogP contribution in [0.4, 0.5) is 0 Å². The van der Waals surface area contributed by atoms with Gasteiger partial charge in [-0.1, -0.05) is 43.7 Å². The summed E-state index contributed by atoms with van der Waals surface area (Å²) in [5.41, 5.74) is 2.61. The van der Waals surface area contributed by atoms with Crippen LogP contribution in [-0.4, -0.2) is 16.1 Å². The van der Waals surface area contributed by atoms with Gasteiger partial charge in [-0.15, -0.1) is 0 Å². The molecule has 1 aromatic carbocycles. The molecular weight excluding hydrogens is 234 g/mol. The van der Waals surface area contributed by atoms with Crippen LogP contribution in [0.3, 0.4) is 0 Å². The maximum absolute atomic E-state index is 4.43. The number of imidazole rings is 1. The average molecular weight is 257 g/mol. The number of rotatable bonds is 6. The Morgan fingerprint density at radius 2 is 1.95 bits per heavy atom. The molecule has 3 heteroatoms. The first-order valence-electron chi connectivity index (χ1n) is 6.91. The smallest absolute Gasteiger partial charge is 0.122 e. The van der Waals surface area contributed by atoms with Gasteiger partial charge in [0.05, 0.1) is 6.54 Å². The van der Waals surface area contributed by atoms with Crippen molar-refractivity contribution in [3.8, 4) is 0 Å². The van der Waals surface area contributed by atoms with E-state index in [1.54, 1.807) is 0 Å². The molecule has 0 bridgehead atoms. The summed E-state index contributed by atoms with van der Waals surface area (Å²) in [5, 5.41) is 3.44. The van der Waals surface area contributed by atoms with Crippen LogP contribution in [0.15, 0.2) is 36.7 Å². The highest BCUT2D eigenvalue weighted by molar-refractivity contribution is 5.21. The van der Waals surface area contributed by atoms with Crippen molar-refractivity contribution < 1.29 is 0 Å². The van der Waals surface area contributed by atoms with Crippen LogP contribution in [0, 0.1) is 12.8 Å². The Morgan fingerprint density at radius 1 is 1.21 bits per heavy atom. The number of hydrogen-bond donors (Lipinski definition) is 1. The number of benzene rings is 1. The molecule has 1 heterocycles. The lowest BCUT2D eigenvalue weighted by Gasteiger charge is -2.10. The second-order valence-corrected chi connectivity index (χ2v) is 5.48. The molecule has 0 saturated heterocycles. The molecule has 0 aliphatic carbocycles. The topological polar surface area (TPSA) is 29.9 Å². The molecule has 0 amide bonds. The fraction of sp³-hybridized carbons (Fsp3) is 0.438. The van der Waals surface area contributed by atoms with Crippen LogP contribution < -0.4 is 5.32 Å².